The van der Waals surface area contributed by atoms with E-state index in [1.807, 2.05) is 0 Å². The van der Waals surface area contributed by atoms with Gasteiger partial charge in [-0.05, 0) is 102 Å². The lowest BCUT2D eigenvalue weighted by Gasteiger charge is -2.30. The SMILES string of the molecule is CC1(C)c2cc3ccccc3cc2-c2c(-c3cc(-c4ccc5c(c4)-c4ccccc4C54c5ccccc5-c5ccccc54)nc(-c4ccccc4)n3)cccc21. The Labute approximate surface area is 326 Å². The maximum absolute atomic E-state index is 5.37. The van der Waals surface area contributed by atoms with Crippen LogP contribution in [0.5, 0.6) is 0 Å². The Morgan fingerprint density at radius 2 is 0.875 bits per heavy atom. The van der Waals surface area contributed by atoms with Gasteiger partial charge >= 0.3 is 0 Å². The number of benzene rings is 8. The van der Waals surface area contributed by atoms with Crippen LogP contribution in [0.1, 0.15) is 47.2 Å². The lowest BCUT2D eigenvalue weighted by atomic mass is 9.70. The van der Waals surface area contributed by atoms with Crippen molar-refractivity contribution in [2.45, 2.75) is 24.7 Å². The second kappa shape index (κ2) is 11.3. The highest BCUT2D eigenvalue weighted by Gasteiger charge is 2.51. The van der Waals surface area contributed by atoms with E-state index in [1.54, 1.807) is 0 Å². The molecule has 1 spiro atoms. The molecule has 0 atom stereocenters. The van der Waals surface area contributed by atoms with Gasteiger partial charge in [-0.3, -0.25) is 0 Å². The zero-order valence-electron chi connectivity index (χ0n) is 31.2. The van der Waals surface area contributed by atoms with Crippen LogP contribution < -0.4 is 0 Å². The smallest absolute Gasteiger partial charge is 0.160 e. The van der Waals surface area contributed by atoms with E-state index in [2.05, 4.69) is 196 Å². The Bertz CT molecular complexity index is 3070. The van der Waals surface area contributed by atoms with Crippen molar-refractivity contribution in [1.82, 2.24) is 9.97 Å². The second-order valence-corrected chi connectivity index (χ2v) is 16.1. The number of aromatic nitrogens is 2. The van der Waals surface area contributed by atoms with E-state index in [4.69, 9.17) is 9.97 Å². The Hall–Kier alpha value is -6.90. The van der Waals surface area contributed by atoms with Gasteiger partial charge in [-0.2, -0.15) is 0 Å². The first kappa shape index (κ1) is 31.5. The van der Waals surface area contributed by atoms with E-state index in [0.29, 0.717) is 0 Å². The van der Waals surface area contributed by atoms with Gasteiger partial charge in [0, 0.05) is 22.1 Å². The van der Waals surface area contributed by atoms with Crippen molar-refractivity contribution in [1.29, 1.82) is 0 Å². The van der Waals surface area contributed by atoms with Gasteiger partial charge in [-0.15, -0.1) is 0 Å². The van der Waals surface area contributed by atoms with Crippen LogP contribution in [0.2, 0.25) is 0 Å². The van der Waals surface area contributed by atoms with Crippen LogP contribution in [-0.2, 0) is 10.8 Å². The standard InChI is InChI=1S/C54H36N2/c1-53(2)47-26-14-22-40(51(47)42-29-34-17-6-7-18-35(34)31-48(42)53)50-32-49(55-52(56-50)33-15-4-3-5-16-33)36-27-28-46-41(30-36)39-21-10-13-25-45(39)54(46)43-23-11-8-19-37(43)38-20-9-12-24-44(38)54/h3-32H,1-2H3. The molecule has 9 aromatic rings. The first-order valence-corrected chi connectivity index (χ1v) is 19.6. The largest absolute Gasteiger partial charge is 0.228 e. The van der Waals surface area contributed by atoms with E-state index in [0.717, 1.165) is 33.9 Å². The summed E-state index contributed by atoms with van der Waals surface area (Å²) in [4.78, 5) is 10.7. The van der Waals surface area contributed by atoms with Gasteiger partial charge in [0.05, 0.1) is 16.8 Å². The Morgan fingerprint density at radius 1 is 0.339 bits per heavy atom. The molecule has 3 aliphatic carbocycles. The second-order valence-electron chi connectivity index (χ2n) is 16.1. The average Bonchev–Trinajstić information content (AvgIpc) is 3.81. The minimum absolute atomic E-state index is 0.149. The molecular weight excluding hydrogens is 677 g/mol. The molecular formula is C54H36N2. The highest BCUT2D eigenvalue weighted by atomic mass is 14.9. The lowest BCUT2D eigenvalue weighted by molar-refractivity contribution is 0.661. The quantitative estimate of drug-likeness (QED) is 0.182. The van der Waals surface area contributed by atoms with Crippen molar-refractivity contribution >= 4 is 10.8 Å². The number of fused-ring (bicyclic) bond motifs is 14. The zero-order valence-corrected chi connectivity index (χ0v) is 31.2. The molecule has 1 aromatic heterocycles. The van der Waals surface area contributed by atoms with Crippen molar-refractivity contribution in [3.8, 4) is 67.3 Å². The van der Waals surface area contributed by atoms with E-state index in [1.165, 1.54) is 77.5 Å². The van der Waals surface area contributed by atoms with Crippen LogP contribution in [0.3, 0.4) is 0 Å². The van der Waals surface area contributed by atoms with Crippen LogP contribution in [0, 0.1) is 0 Å². The summed E-state index contributed by atoms with van der Waals surface area (Å²) < 4.78 is 0. The summed E-state index contributed by atoms with van der Waals surface area (Å²) >= 11 is 0. The number of hydrogen-bond donors (Lipinski definition) is 0. The third-order valence-corrected chi connectivity index (χ3v) is 12.9. The number of hydrogen-bond acceptors (Lipinski definition) is 2. The van der Waals surface area contributed by atoms with Crippen LogP contribution in [0.25, 0.3) is 78.1 Å². The normalized spacial score (nSPS) is 14.5. The van der Waals surface area contributed by atoms with Gasteiger partial charge in [-0.1, -0.05) is 172 Å². The third-order valence-electron chi connectivity index (χ3n) is 12.9. The summed E-state index contributed by atoms with van der Waals surface area (Å²) in [6.07, 6.45) is 0. The molecule has 1 heterocycles. The summed E-state index contributed by atoms with van der Waals surface area (Å²) in [5, 5.41) is 2.52. The summed E-state index contributed by atoms with van der Waals surface area (Å²) in [5.74, 6) is 0.725. The van der Waals surface area contributed by atoms with E-state index in [-0.39, 0.29) is 10.8 Å². The summed E-state index contributed by atoms with van der Waals surface area (Å²) in [7, 11) is 0. The molecule has 56 heavy (non-hydrogen) atoms. The van der Waals surface area contributed by atoms with Gasteiger partial charge in [0.1, 0.15) is 0 Å². The molecule has 0 saturated heterocycles. The van der Waals surface area contributed by atoms with Crippen LogP contribution in [0.15, 0.2) is 182 Å². The molecule has 0 bridgehead atoms. The third kappa shape index (κ3) is 4.11. The highest BCUT2D eigenvalue weighted by Crippen LogP contribution is 2.63. The minimum Gasteiger partial charge on any atom is -0.228 e. The van der Waals surface area contributed by atoms with Crippen LogP contribution >= 0.6 is 0 Å². The van der Waals surface area contributed by atoms with Gasteiger partial charge in [0.25, 0.3) is 0 Å². The predicted molar refractivity (Wildman–Crippen MR) is 230 cm³/mol. The van der Waals surface area contributed by atoms with E-state index < -0.39 is 0 Å². The molecule has 8 aromatic carbocycles. The molecule has 0 unspecified atom stereocenters. The van der Waals surface area contributed by atoms with Crippen LogP contribution in [-0.4, -0.2) is 9.97 Å². The maximum Gasteiger partial charge on any atom is 0.160 e. The fourth-order valence-corrected chi connectivity index (χ4v) is 10.4. The van der Waals surface area contributed by atoms with Crippen molar-refractivity contribution in [2.75, 3.05) is 0 Å². The highest BCUT2D eigenvalue weighted by molar-refractivity contribution is 5.99. The lowest BCUT2D eigenvalue weighted by Crippen LogP contribution is -2.25. The Balaban J connectivity index is 1.09. The predicted octanol–water partition coefficient (Wildman–Crippen LogP) is 13.3. The molecule has 262 valence electrons. The number of rotatable bonds is 3. The van der Waals surface area contributed by atoms with Crippen molar-refractivity contribution in [3.05, 3.63) is 215 Å². The topological polar surface area (TPSA) is 25.8 Å². The summed E-state index contributed by atoms with van der Waals surface area (Å²) in [6.45, 7) is 4.71. The van der Waals surface area contributed by atoms with Gasteiger partial charge < -0.3 is 0 Å². The Kier molecular flexibility index (Phi) is 6.36. The molecule has 3 aliphatic rings. The molecule has 0 N–H and O–H groups in total. The van der Waals surface area contributed by atoms with Gasteiger partial charge in [0.2, 0.25) is 0 Å². The molecule has 0 saturated carbocycles. The average molecular weight is 713 g/mol. The Morgan fingerprint density at radius 3 is 1.57 bits per heavy atom. The fourth-order valence-electron chi connectivity index (χ4n) is 10.4. The molecule has 12 rings (SSSR count). The van der Waals surface area contributed by atoms with Crippen LogP contribution in [0.4, 0.5) is 0 Å². The first-order chi connectivity index (χ1) is 27.5. The molecule has 0 fully saturated rings. The molecule has 0 radical (unpaired) electrons. The summed E-state index contributed by atoms with van der Waals surface area (Å²) in [5.41, 5.74) is 20.3. The first-order valence-electron chi connectivity index (χ1n) is 19.6. The van der Waals surface area contributed by atoms with Gasteiger partial charge in [0.15, 0.2) is 5.82 Å². The maximum atomic E-state index is 5.37. The van der Waals surface area contributed by atoms with E-state index in [9.17, 15) is 0 Å². The molecule has 2 nitrogen and oxygen atoms in total. The monoisotopic (exact) mass is 712 g/mol. The minimum atomic E-state index is -0.376. The fraction of sp³-hybridized carbons (Fsp3) is 0.0741. The number of nitrogens with zero attached hydrogens (tertiary/aromatic N) is 2. The zero-order chi connectivity index (χ0) is 37.2. The van der Waals surface area contributed by atoms with Crippen molar-refractivity contribution < 1.29 is 0 Å². The van der Waals surface area contributed by atoms with E-state index >= 15 is 0 Å². The molecule has 0 aliphatic heterocycles. The molecule has 0 amide bonds. The van der Waals surface area contributed by atoms with Gasteiger partial charge in [-0.25, -0.2) is 9.97 Å². The summed E-state index contributed by atoms with van der Waals surface area (Å²) in [6, 6.07) is 66.9. The molecule has 2 heteroatoms. The van der Waals surface area contributed by atoms with Crippen molar-refractivity contribution in [2.24, 2.45) is 0 Å². The van der Waals surface area contributed by atoms with Crippen molar-refractivity contribution in [3.63, 3.8) is 0 Å².